The molecule has 1 amide bonds. The van der Waals surface area contributed by atoms with E-state index in [1.54, 1.807) is 12.1 Å². The summed E-state index contributed by atoms with van der Waals surface area (Å²) in [5.74, 6) is -0.0374. The van der Waals surface area contributed by atoms with Crippen molar-refractivity contribution in [1.29, 1.82) is 0 Å². The normalized spacial score (nSPS) is 17.3. The number of carbonyl (C=O) groups is 1. The van der Waals surface area contributed by atoms with Gasteiger partial charge in [0.05, 0.1) is 13.2 Å². The predicted molar refractivity (Wildman–Crippen MR) is 92.5 cm³/mol. The highest BCUT2D eigenvalue weighted by Crippen LogP contribution is 2.19. The molecule has 5 nitrogen and oxygen atoms in total. The van der Waals surface area contributed by atoms with Crippen LogP contribution < -0.4 is 10.1 Å². The van der Waals surface area contributed by atoms with Gasteiger partial charge in [0.2, 0.25) is 5.91 Å². The first-order valence-electron chi connectivity index (χ1n) is 8.22. The molecule has 24 heavy (non-hydrogen) atoms. The van der Waals surface area contributed by atoms with Crippen LogP contribution in [0.25, 0.3) is 0 Å². The number of halogens is 1. The van der Waals surface area contributed by atoms with Crippen LogP contribution in [0.5, 0.6) is 5.75 Å². The molecule has 1 aromatic carbocycles. The van der Waals surface area contributed by atoms with E-state index in [0.29, 0.717) is 13.1 Å². The van der Waals surface area contributed by atoms with Crippen LogP contribution in [0.15, 0.2) is 30.9 Å². The third-order valence-corrected chi connectivity index (χ3v) is 4.38. The molecular formula is C18H26FN3O2. The number of piperazine rings is 1. The molecule has 0 radical (unpaired) electrons. The van der Waals surface area contributed by atoms with E-state index in [4.69, 9.17) is 4.74 Å². The second-order valence-corrected chi connectivity index (χ2v) is 5.99. The standard InChI is InChI=1S/C18H26FN3O2/c1-4-7-20-18(23)14(2)22-10-8-21(9-11-22)13-15-5-6-17(24-3)16(19)12-15/h4-6,12,14H,1,7-11,13H2,2-3H3,(H,20,23). The maximum atomic E-state index is 13.8. The van der Waals surface area contributed by atoms with E-state index in [2.05, 4.69) is 21.7 Å². The van der Waals surface area contributed by atoms with E-state index in [1.807, 2.05) is 13.0 Å². The second-order valence-electron chi connectivity index (χ2n) is 5.99. The van der Waals surface area contributed by atoms with Crippen LogP contribution in [0.2, 0.25) is 0 Å². The minimum Gasteiger partial charge on any atom is -0.494 e. The highest BCUT2D eigenvalue weighted by molar-refractivity contribution is 5.81. The van der Waals surface area contributed by atoms with Crippen molar-refractivity contribution >= 4 is 5.91 Å². The van der Waals surface area contributed by atoms with Gasteiger partial charge in [0.25, 0.3) is 0 Å². The maximum Gasteiger partial charge on any atom is 0.237 e. The SMILES string of the molecule is C=CCNC(=O)C(C)N1CCN(Cc2ccc(OC)c(F)c2)CC1. The monoisotopic (exact) mass is 335 g/mol. The minimum absolute atomic E-state index is 0.0283. The zero-order valence-corrected chi connectivity index (χ0v) is 14.4. The van der Waals surface area contributed by atoms with E-state index in [-0.39, 0.29) is 23.5 Å². The Morgan fingerprint density at radius 2 is 2.12 bits per heavy atom. The average molecular weight is 335 g/mol. The van der Waals surface area contributed by atoms with E-state index in [9.17, 15) is 9.18 Å². The second kappa shape index (κ2) is 8.80. The van der Waals surface area contributed by atoms with Crippen LogP contribution in [0.4, 0.5) is 4.39 Å². The van der Waals surface area contributed by atoms with Crippen LogP contribution in [0.3, 0.4) is 0 Å². The van der Waals surface area contributed by atoms with Crippen molar-refractivity contribution in [3.63, 3.8) is 0 Å². The van der Waals surface area contributed by atoms with Gasteiger partial charge in [-0.1, -0.05) is 12.1 Å². The summed E-state index contributed by atoms with van der Waals surface area (Å²) in [6.45, 7) is 10.1. The van der Waals surface area contributed by atoms with Crippen LogP contribution in [-0.2, 0) is 11.3 Å². The Labute approximate surface area is 143 Å². The Bertz CT molecular complexity index is 571. The molecule has 1 heterocycles. The molecule has 0 bridgehead atoms. The van der Waals surface area contributed by atoms with Crippen molar-refractivity contribution in [1.82, 2.24) is 15.1 Å². The minimum atomic E-state index is -0.332. The van der Waals surface area contributed by atoms with Crippen LogP contribution in [0.1, 0.15) is 12.5 Å². The molecule has 1 atom stereocenters. The molecule has 0 saturated carbocycles. The molecule has 0 aromatic heterocycles. The van der Waals surface area contributed by atoms with Gasteiger partial charge < -0.3 is 10.1 Å². The van der Waals surface area contributed by atoms with Crippen molar-refractivity contribution in [2.45, 2.75) is 19.5 Å². The van der Waals surface area contributed by atoms with Gasteiger partial charge in [0.15, 0.2) is 11.6 Å². The fourth-order valence-electron chi connectivity index (χ4n) is 2.86. The smallest absolute Gasteiger partial charge is 0.237 e. The lowest BCUT2D eigenvalue weighted by Gasteiger charge is -2.37. The van der Waals surface area contributed by atoms with E-state index >= 15 is 0 Å². The fraction of sp³-hybridized carbons (Fsp3) is 0.500. The first kappa shape index (κ1) is 18.4. The summed E-state index contributed by atoms with van der Waals surface area (Å²) in [7, 11) is 1.46. The molecule has 132 valence electrons. The largest absolute Gasteiger partial charge is 0.494 e. The quantitative estimate of drug-likeness (QED) is 0.770. The number of ether oxygens (including phenoxy) is 1. The maximum absolute atomic E-state index is 13.8. The van der Waals surface area contributed by atoms with Gasteiger partial charge in [0.1, 0.15) is 0 Å². The molecule has 1 aliphatic rings. The lowest BCUT2D eigenvalue weighted by atomic mass is 10.1. The number of nitrogens with zero attached hydrogens (tertiary/aromatic N) is 2. The molecule has 1 N–H and O–H groups in total. The number of nitrogens with one attached hydrogen (secondary N) is 1. The molecule has 2 rings (SSSR count). The molecule has 1 aromatic rings. The molecule has 0 aliphatic carbocycles. The first-order chi connectivity index (χ1) is 11.5. The number of carbonyl (C=O) groups excluding carboxylic acids is 1. The van der Waals surface area contributed by atoms with Crippen molar-refractivity contribution in [2.24, 2.45) is 0 Å². The molecule has 6 heteroatoms. The van der Waals surface area contributed by atoms with Gasteiger partial charge in [-0.05, 0) is 24.6 Å². The predicted octanol–water partition coefficient (Wildman–Crippen LogP) is 1.64. The van der Waals surface area contributed by atoms with Crippen LogP contribution in [-0.4, -0.2) is 61.6 Å². The van der Waals surface area contributed by atoms with Crippen LogP contribution >= 0.6 is 0 Å². The zero-order valence-electron chi connectivity index (χ0n) is 14.4. The third-order valence-electron chi connectivity index (χ3n) is 4.38. The molecule has 0 spiro atoms. The lowest BCUT2D eigenvalue weighted by Crippen LogP contribution is -2.53. The van der Waals surface area contributed by atoms with Gasteiger partial charge in [-0.2, -0.15) is 0 Å². The number of amides is 1. The summed E-state index contributed by atoms with van der Waals surface area (Å²) < 4.78 is 18.7. The fourth-order valence-corrected chi connectivity index (χ4v) is 2.86. The first-order valence-corrected chi connectivity index (χ1v) is 8.22. The van der Waals surface area contributed by atoms with Gasteiger partial charge in [0, 0.05) is 39.3 Å². The summed E-state index contributed by atoms with van der Waals surface area (Å²) in [6, 6.07) is 4.92. The number of benzene rings is 1. The molecular weight excluding hydrogens is 309 g/mol. The summed E-state index contributed by atoms with van der Waals surface area (Å²) in [6.07, 6.45) is 1.68. The zero-order chi connectivity index (χ0) is 17.5. The van der Waals surface area contributed by atoms with E-state index < -0.39 is 0 Å². The summed E-state index contributed by atoms with van der Waals surface area (Å²) in [5, 5.41) is 2.83. The summed E-state index contributed by atoms with van der Waals surface area (Å²) >= 11 is 0. The highest BCUT2D eigenvalue weighted by atomic mass is 19.1. The van der Waals surface area contributed by atoms with Gasteiger partial charge in [-0.15, -0.1) is 6.58 Å². The number of rotatable bonds is 7. The topological polar surface area (TPSA) is 44.8 Å². The average Bonchev–Trinajstić information content (AvgIpc) is 2.60. The van der Waals surface area contributed by atoms with Crippen LogP contribution in [0, 0.1) is 5.82 Å². The number of methoxy groups -OCH3 is 1. The van der Waals surface area contributed by atoms with Gasteiger partial charge >= 0.3 is 0 Å². The lowest BCUT2D eigenvalue weighted by molar-refractivity contribution is -0.126. The van der Waals surface area contributed by atoms with Crippen molar-refractivity contribution in [2.75, 3.05) is 39.8 Å². The molecule has 1 saturated heterocycles. The molecule has 1 aliphatic heterocycles. The van der Waals surface area contributed by atoms with Gasteiger partial charge in [-0.3, -0.25) is 14.6 Å². The van der Waals surface area contributed by atoms with Crippen molar-refractivity contribution in [3.05, 3.63) is 42.2 Å². The Balaban J connectivity index is 1.83. The highest BCUT2D eigenvalue weighted by Gasteiger charge is 2.25. The summed E-state index contributed by atoms with van der Waals surface area (Å²) in [5.41, 5.74) is 0.929. The number of hydrogen-bond donors (Lipinski definition) is 1. The van der Waals surface area contributed by atoms with Crippen molar-refractivity contribution < 1.29 is 13.9 Å². The summed E-state index contributed by atoms with van der Waals surface area (Å²) in [4.78, 5) is 16.4. The Hall–Kier alpha value is -1.92. The molecule has 1 unspecified atom stereocenters. The Morgan fingerprint density at radius 1 is 1.42 bits per heavy atom. The van der Waals surface area contributed by atoms with E-state index in [0.717, 1.165) is 31.7 Å². The number of hydrogen-bond acceptors (Lipinski definition) is 4. The molecule has 1 fully saturated rings. The van der Waals surface area contributed by atoms with Gasteiger partial charge in [-0.25, -0.2) is 4.39 Å². The third kappa shape index (κ3) is 4.79. The van der Waals surface area contributed by atoms with E-state index in [1.165, 1.54) is 13.2 Å². The van der Waals surface area contributed by atoms with Crippen molar-refractivity contribution in [3.8, 4) is 5.75 Å². The Morgan fingerprint density at radius 3 is 2.71 bits per heavy atom. The Kier molecular flexibility index (Phi) is 6.75.